The molecular formula is C20H36B2O4. The second kappa shape index (κ2) is 6.65. The van der Waals surface area contributed by atoms with Crippen LogP contribution in [0.25, 0.3) is 0 Å². The Morgan fingerprint density at radius 2 is 1.12 bits per heavy atom. The number of rotatable bonds is 3. The third-order valence-corrected chi connectivity index (χ3v) is 7.14. The van der Waals surface area contributed by atoms with Gasteiger partial charge in [0.25, 0.3) is 0 Å². The van der Waals surface area contributed by atoms with Crippen LogP contribution in [-0.4, -0.2) is 36.6 Å². The molecule has 3 rings (SSSR count). The first-order chi connectivity index (χ1) is 11.8. The fourth-order valence-electron chi connectivity index (χ4n) is 3.92. The van der Waals surface area contributed by atoms with Crippen LogP contribution in [0.15, 0.2) is 11.0 Å². The van der Waals surface area contributed by atoms with Gasteiger partial charge in [-0.3, -0.25) is 0 Å². The van der Waals surface area contributed by atoms with Crippen LogP contribution in [0.1, 0.15) is 87.5 Å². The van der Waals surface area contributed by atoms with Gasteiger partial charge in [0, 0.05) is 6.32 Å². The number of hydrogen-bond acceptors (Lipinski definition) is 4. The van der Waals surface area contributed by atoms with Gasteiger partial charge >= 0.3 is 14.2 Å². The van der Waals surface area contributed by atoms with E-state index in [0.717, 1.165) is 19.2 Å². The van der Waals surface area contributed by atoms with Crippen molar-refractivity contribution >= 4 is 14.2 Å². The van der Waals surface area contributed by atoms with Crippen LogP contribution in [-0.2, 0) is 18.6 Å². The van der Waals surface area contributed by atoms with Crippen molar-refractivity contribution in [1.29, 1.82) is 0 Å². The molecule has 0 aromatic carbocycles. The summed E-state index contributed by atoms with van der Waals surface area (Å²) in [4.78, 5) is 0. The molecule has 1 aliphatic carbocycles. The fraction of sp³-hybridized carbons (Fsp3) is 0.900. The molecule has 1 saturated carbocycles. The molecule has 0 N–H and O–H groups in total. The van der Waals surface area contributed by atoms with Crippen molar-refractivity contribution in [2.75, 3.05) is 0 Å². The minimum atomic E-state index is -0.325. The zero-order valence-electron chi connectivity index (χ0n) is 18.0. The monoisotopic (exact) mass is 362 g/mol. The largest absolute Gasteiger partial charge is 0.489 e. The van der Waals surface area contributed by atoms with Crippen molar-refractivity contribution in [3.63, 3.8) is 0 Å². The van der Waals surface area contributed by atoms with E-state index in [1.807, 2.05) is 0 Å². The lowest BCUT2D eigenvalue weighted by atomic mass is 9.62. The first kappa shape index (κ1) is 20.4. The van der Waals surface area contributed by atoms with Gasteiger partial charge in [0.2, 0.25) is 0 Å². The average Bonchev–Trinajstić information content (AvgIpc) is 2.85. The number of hydrogen-bond donors (Lipinski definition) is 0. The Balaban J connectivity index is 1.85. The standard InChI is InChI=1S/C20H36B2O4/c1-17(2)18(3,4)24-21(23-17)14-16(15-12-10-9-11-13-15)22-25-19(5,6)20(7,8)26-22/h9-14H2,1-8H3. The van der Waals surface area contributed by atoms with Gasteiger partial charge in [0.15, 0.2) is 0 Å². The van der Waals surface area contributed by atoms with Crippen molar-refractivity contribution < 1.29 is 18.6 Å². The fourth-order valence-corrected chi connectivity index (χ4v) is 3.92. The molecule has 0 atom stereocenters. The smallest absolute Gasteiger partial charge is 0.403 e. The maximum Gasteiger partial charge on any atom is 0.489 e. The van der Waals surface area contributed by atoms with Crippen molar-refractivity contribution in [3.05, 3.63) is 11.0 Å². The third-order valence-electron chi connectivity index (χ3n) is 7.14. The van der Waals surface area contributed by atoms with Crippen molar-refractivity contribution in [2.24, 2.45) is 0 Å². The van der Waals surface area contributed by atoms with Crippen molar-refractivity contribution in [3.8, 4) is 0 Å². The molecule has 0 bridgehead atoms. The second-order valence-electron chi connectivity index (χ2n) is 10.2. The Kier molecular flexibility index (Phi) is 5.23. The summed E-state index contributed by atoms with van der Waals surface area (Å²) in [5.74, 6) is 0. The predicted molar refractivity (Wildman–Crippen MR) is 107 cm³/mol. The quantitative estimate of drug-likeness (QED) is 0.665. The highest BCUT2D eigenvalue weighted by Crippen LogP contribution is 2.44. The molecule has 0 unspecified atom stereocenters. The summed E-state index contributed by atoms with van der Waals surface area (Å²) in [5, 5.41) is 0. The molecule has 26 heavy (non-hydrogen) atoms. The Morgan fingerprint density at radius 3 is 1.58 bits per heavy atom. The summed E-state index contributed by atoms with van der Waals surface area (Å²) in [6, 6.07) is 0. The van der Waals surface area contributed by atoms with Crippen LogP contribution in [0.4, 0.5) is 0 Å². The third kappa shape index (κ3) is 3.67. The SMILES string of the molecule is CC1(C)OB(CC(B2OC(C)(C)C(C)(C)O2)=C2CCCCC2)OC1(C)C. The lowest BCUT2D eigenvalue weighted by Gasteiger charge is -2.32. The minimum absolute atomic E-state index is 0.247. The van der Waals surface area contributed by atoms with Gasteiger partial charge in [-0.25, -0.2) is 0 Å². The van der Waals surface area contributed by atoms with E-state index in [9.17, 15) is 0 Å². The molecule has 0 aromatic heterocycles. The van der Waals surface area contributed by atoms with Gasteiger partial charge in [0.05, 0.1) is 22.4 Å². The second-order valence-corrected chi connectivity index (χ2v) is 10.2. The highest BCUT2D eigenvalue weighted by Gasteiger charge is 2.56. The first-order valence-corrected chi connectivity index (χ1v) is 10.3. The van der Waals surface area contributed by atoms with Crippen LogP contribution >= 0.6 is 0 Å². The lowest BCUT2D eigenvalue weighted by molar-refractivity contribution is 0.00578. The average molecular weight is 362 g/mol. The molecular weight excluding hydrogens is 326 g/mol. The van der Waals surface area contributed by atoms with Gasteiger partial charge in [-0.05, 0) is 86.5 Å². The molecule has 2 saturated heterocycles. The van der Waals surface area contributed by atoms with Gasteiger partial charge in [-0.2, -0.15) is 0 Å². The van der Waals surface area contributed by atoms with Gasteiger partial charge < -0.3 is 18.6 Å². The van der Waals surface area contributed by atoms with E-state index >= 15 is 0 Å². The maximum atomic E-state index is 6.40. The summed E-state index contributed by atoms with van der Waals surface area (Å²) < 4.78 is 25.4. The highest BCUT2D eigenvalue weighted by atomic mass is 16.7. The highest BCUT2D eigenvalue weighted by molar-refractivity contribution is 6.59. The van der Waals surface area contributed by atoms with Crippen LogP contribution in [0.2, 0.25) is 6.32 Å². The summed E-state index contributed by atoms with van der Waals surface area (Å²) >= 11 is 0. The maximum absolute atomic E-state index is 6.40. The molecule has 0 spiro atoms. The van der Waals surface area contributed by atoms with E-state index in [4.69, 9.17) is 18.6 Å². The Bertz CT molecular complexity index is 540. The molecule has 4 nitrogen and oxygen atoms in total. The van der Waals surface area contributed by atoms with E-state index < -0.39 is 0 Å². The van der Waals surface area contributed by atoms with E-state index in [1.165, 1.54) is 30.3 Å². The van der Waals surface area contributed by atoms with E-state index in [0.29, 0.717) is 0 Å². The Labute approximate surface area is 160 Å². The van der Waals surface area contributed by atoms with Gasteiger partial charge in [-0.15, -0.1) is 0 Å². The number of allylic oxidation sites excluding steroid dienone is 2. The molecule has 146 valence electrons. The Morgan fingerprint density at radius 1 is 0.692 bits per heavy atom. The summed E-state index contributed by atoms with van der Waals surface area (Å²) in [5.41, 5.74) is 1.47. The van der Waals surface area contributed by atoms with Crippen molar-refractivity contribution in [1.82, 2.24) is 0 Å². The zero-order valence-corrected chi connectivity index (χ0v) is 18.0. The first-order valence-electron chi connectivity index (χ1n) is 10.3. The topological polar surface area (TPSA) is 36.9 Å². The molecule has 3 fully saturated rings. The summed E-state index contributed by atoms with van der Waals surface area (Å²) in [6.45, 7) is 16.9. The normalized spacial score (nSPS) is 29.3. The van der Waals surface area contributed by atoms with Gasteiger partial charge in [0.1, 0.15) is 0 Å². The molecule has 2 heterocycles. The van der Waals surface area contributed by atoms with E-state index in [-0.39, 0.29) is 36.6 Å². The molecule has 6 heteroatoms. The Hall–Kier alpha value is -0.290. The van der Waals surface area contributed by atoms with Crippen LogP contribution in [0.3, 0.4) is 0 Å². The minimum Gasteiger partial charge on any atom is -0.403 e. The van der Waals surface area contributed by atoms with E-state index in [1.54, 1.807) is 0 Å². The van der Waals surface area contributed by atoms with Crippen LogP contribution in [0.5, 0.6) is 0 Å². The predicted octanol–water partition coefficient (Wildman–Crippen LogP) is 4.97. The molecule has 0 radical (unpaired) electrons. The lowest BCUT2D eigenvalue weighted by Crippen LogP contribution is -2.41. The van der Waals surface area contributed by atoms with Crippen LogP contribution < -0.4 is 0 Å². The summed E-state index contributed by atoms with van der Waals surface area (Å²) in [6.07, 6.45) is 6.82. The molecule has 2 aliphatic heterocycles. The van der Waals surface area contributed by atoms with E-state index in [2.05, 4.69) is 55.4 Å². The zero-order chi connectivity index (χ0) is 19.4. The summed E-state index contributed by atoms with van der Waals surface area (Å²) in [7, 11) is -0.546. The van der Waals surface area contributed by atoms with Gasteiger partial charge in [-0.1, -0.05) is 12.0 Å². The molecule has 3 aliphatic rings. The van der Waals surface area contributed by atoms with Crippen molar-refractivity contribution in [2.45, 2.75) is 116 Å². The molecule has 0 aromatic rings. The molecule has 0 amide bonds. The van der Waals surface area contributed by atoms with Crippen LogP contribution in [0, 0.1) is 0 Å².